The summed E-state index contributed by atoms with van der Waals surface area (Å²) in [6.45, 7) is 3.41. The highest BCUT2D eigenvalue weighted by Gasteiger charge is 2.20. The number of anilines is 2. The molecule has 33 heavy (non-hydrogen) atoms. The number of amides is 1. The van der Waals surface area contributed by atoms with E-state index in [0.29, 0.717) is 73.1 Å². The Balaban J connectivity index is 1.54. The van der Waals surface area contributed by atoms with Crippen LogP contribution in [0.2, 0.25) is 5.02 Å². The molecule has 174 valence electrons. The van der Waals surface area contributed by atoms with Crippen molar-refractivity contribution in [1.29, 1.82) is 0 Å². The number of rotatable bonds is 8. The number of carbonyl (C=O) groups excluding carboxylic acids is 1. The topological polar surface area (TPSA) is 104 Å². The van der Waals surface area contributed by atoms with Gasteiger partial charge in [0.1, 0.15) is 5.75 Å². The number of benzene rings is 1. The maximum absolute atomic E-state index is 12.8. The summed E-state index contributed by atoms with van der Waals surface area (Å²) in [6, 6.07) is 5.23. The number of carbonyl (C=O) groups is 1. The van der Waals surface area contributed by atoms with Crippen LogP contribution in [0.4, 0.5) is 11.6 Å². The quantitative estimate of drug-likeness (QED) is 0.533. The van der Waals surface area contributed by atoms with Crippen molar-refractivity contribution in [2.45, 2.75) is 6.54 Å². The SMILES string of the molecule is COCCn1cc(-c2nc(Nc3ccc(C(=O)N4CCOCC4)cc3OC)ncc2Cl)cn1. The maximum Gasteiger partial charge on any atom is 0.254 e. The number of nitrogens with one attached hydrogen (secondary N) is 1. The summed E-state index contributed by atoms with van der Waals surface area (Å²) in [6.07, 6.45) is 5.07. The van der Waals surface area contributed by atoms with Crippen LogP contribution in [0.5, 0.6) is 5.75 Å². The Kier molecular flexibility index (Phi) is 7.38. The van der Waals surface area contributed by atoms with Gasteiger partial charge in [-0.15, -0.1) is 0 Å². The van der Waals surface area contributed by atoms with E-state index in [9.17, 15) is 4.79 Å². The number of hydrogen-bond acceptors (Lipinski definition) is 8. The number of morpholine rings is 1. The summed E-state index contributed by atoms with van der Waals surface area (Å²) in [5, 5.41) is 7.87. The first-order valence-electron chi connectivity index (χ1n) is 10.5. The van der Waals surface area contributed by atoms with Gasteiger partial charge in [-0.2, -0.15) is 5.10 Å². The molecule has 0 spiro atoms. The highest BCUT2D eigenvalue weighted by molar-refractivity contribution is 6.32. The molecule has 0 atom stereocenters. The summed E-state index contributed by atoms with van der Waals surface area (Å²) in [4.78, 5) is 23.4. The van der Waals surface area contributed by atoms with E-state index < -0.39 is 0 Å². The van der Waals surface area contributed by atoms with Crippen LogP contribution in [0, 0.1) is 0 Å². The lowest BCUT2D eigenvalue weighted by Gasteiger charge is -2.27. The van der Waals surface area contributed by atoms with Gasteiger partial charge in [0.05, 0.1) is 62.3 Å². The third-order valence-electron chi connectivity index (χ3n) is 5.17. The minimum Gasteiger partial charge on any atom is -0.495 e. The van der Waals surface area contributed by atoms with E-state index in [1.807, 2.05) is 6.20 Å². The lowest BCUT2D eigenvalue weighted by Crippen LogP contribution is -2.40. The summed E-state index contributed by atoms with van der Waals surface area (Å²) in [5.74, 6) is 0.782. The molecule has 0 aliphatic carbocycles. The molecule has 3 heterocycles. The van der Waals surface area contributed by atoms with Crippen LogP contribution in [-0.2, 0) is 16.0 Å². The van der Waals surface area contributed by atoms with E-state index in [1.165, 1.54) is 6.20 Å². The molecule has 0 saturated carbocycles. The minimum atomic E-state index is -0.0568. The first kappa shape index (κ1) is 23.0. The van der Waals surface area contributed by atoms with E-state index in [1.54, 1.807) is 48.2 Å². The number of aromatic nitrogens is 4. The maximum atomic E-state index is 12.8. The highest BCUT2D eigenvalue weighted by atomic mass is 35.5. The van der Waals surface area contributed by atoms with Gasteiger partial charge in [-0.05, 0) is 18.2 Å². The molecule has 1 aromatic carbocycles. The average molecular weight is 473 g/mol. The third-order valence-corrected chi connectivity index (χ3v) is 5.45. The van der Waals surface area contributed by atoms with Crippen LogP contribution in [0.3, 0.4) is 0 Å². The van der Waals surface area contributed by atoms with Crippen molar-refractivity contribution in [3.63, 3.8) is 0 Å². The second kappa shape index (κ2) is 10.6. The van der Waals surface area contributed by atoms with Crippen LogP contribution in [-0.4, -0.2) is 77.7 Å². The zero-order valence-electron chi connectivity index (χ0n) is 18.5. The molecule has 0 bridgehead atoms. The third kappa shape index (κ3) is 5.41. The zero-order chi connectivity index (χ0) is 23.2. The first-order chi connectivity index (χ1) is 16.1. The minimum absolute atomic E-state index is 0.0568. The fourth-order valence-electron chi connectivity index (χ4n) is 3.42. The van der Waals surface area contributed by atoms with Gasteiger partial charge in [0.2, 0.25) is 5.95 Å². The van der Waals surface area contributed by atoms with E-state index in [-0.39, 0.29) is 5.91 Å². The second-order valence-corrected chi connectivity index (χ2v) is 7.73. The summed E-state index contributed by atoms with van der Waals surface area (Å²) in [5.41, 5.74) is 2.48. The molecule has 1 saturated heterocycles. The smallest absolute Gasteiger partial charge is 0.254 e. The van der Waals surface area contributed by atoms with E-state index >= 15 is 0 Å². The molecule has 2 aromatic heterocycles. The standard InChI is InChI=1S/C22H25ClN6O4/c1-31-8-7-29-14-16(12-25-29)20-17(23)13-24-22(27-20)26-18-4-3-15(11-19(18)32-2)21(30)28-5-9-33-10-6-28/h3-4,11-14H,5-10H2,1-2H3,(H,24,26,27). The molecular formula is C22H25ClN6O4. The van der Waals surface area contributed by atoms with E-state index in [0.717, 1.165) is 5.56 Å². The van der Waals surface area contributed by atoms with Gasteiger partial charge < -0.3 is 24.4 Å². The van der Waals surface area contributed by atoms with Gasteiger partial charge in [0.25, 0.3) is 5.91 Å². The van der Waals surface area contributed by atoms with Crippen molar-refractivity contribution in [2.75, 3.05) is 52.4 Å². The normalized spacial score (nSPS) is 13.7. The Morgan fingerprint density at radius 3 is 2.82 bits per heavy atom. The van der Waals surface area contributed by atoms with Crippen molar-refractivity contribution in [3.05, 3.63) is 47.4 Å². The number of hydrogen-bond donors (Lipinski definition) is 1. The fourth-order valence-corrected chi connectivity index (χ4v) is 3.62. The average Bonchev–Trinajstić information content (AvgIpc) is 3.33. The number of methoxy groups -OCH3 is 2. The second-order valence-electron chi connectivity index (χ2n) is 7.32. The lowest BCUT2D eigenvalue weighted by molar-refractivity contribution is 0.0302. The number of nitrogens with zero attached hydrogens (tertiary/aromatic N) is 5. The predicted octanol–water partition coefficient (Wildman–Crippen LogP) is 2.86. The number of halogens is 1. The molecule has 0 unspecified atom stereocenters. The van der Waals surface area contributed by atoms with Crippen molar-refractivity contribution in [1.82, 2.24) is 24.6 Å². The van der Waals surface area contributed by atoms with Gasteiger partial charge in [-0.25, -0.2) is 9.97 Å². The summed E-state index contributed by atoms with van der Waals surface area (Å²) >= 11 is 6.35. The molecule has 1 fully saturated rings. The van der Waals surface area contributed by atoms with Gasteiger partial charge in [-0.3, -0.25) is 9.48 Å². The zero-order valence-corrected chi connectivity index (χ0v) is 19.2. The summed E-state index contributed by atoms with van der Waals surface area (Å²) in [7, 11) is 3.19. The van der Waals surface area contributed by atoms with Gasteiger partial charge >= 0.3 is 0 Å². The van der Waals surface area contributed by atoms with Crippen LogP contribution in [0.25, 0.3) is 11.3 Å². The van der Waals surface area contributed by atoms with Crippen molar-refractivity contribution in [3.8, 4) is 17.0 Å². The van der Waals surface area contributed by atoms with Gasteiger partial charge in [0, 0.05) is 37.5 Å². The molecule has 11 heteroatoms. The molecule has 0 radical (unpaired) electrons. The van der Waals surface area contributed by atoms with Crippen LogP contribution in [0.1, 0.15) is 10.4 Å². The Labute approximate surface area is 196 Å². The molecular weight excluding hydrogens is 448 g/mol. The van der Waals surface area contributed by atoms with Crippen molar-refractivity contribution < 1.29 is 19.0 Å². The van der Waals surface area contributed by atoms with Gasteiger partial charge in [0.15, 0.2) is 0 Å². The Morgan fingerprint density at radius 1 is 1.24 bits per heavy atom. The lowest BCUT2D eigenvalue weighted by atomic mass is 10.1. The fraction of sp³-hybridized carbons (Fsp3) is 0.364. The summed E-state index contributed by atoms with van der Waals surface area (Å²) < 4.78 is 17.7. The number of ether oxygens (including phenoxy) is 3. The van der Waals surface area contributed by atoms with Crippen LogP contribution < -0.4 is 10.1 Å². The molecule has 1 aliphatic rings. The van der Waals surface area contributed by atoms with Crippen molar-refractivity contribution >= 4 is 29.1 Å². The molecule has 1 N–H and O–H groups in total. The monoisotopic (exact) mass is 472 g/mol. The van der Waals surface area contributed by atoms with Crippen molar-refractivity contribution in [2.24, 2.45) is 0 Å². The van der Waals surface area contributed by atoms with Gasteiger partial charge in [-0.1, -0.05) is 11.6 Å². The molecule has 1 aliphatic heterocycles. The van der Waals surface area contributed by atoms with Crippen LogP contribution in [0.15, 0.2) is 36.8 Å². The Hall–Kier alpha value is -3.21. The molecule has 3 aromatic rings. The Morgan fingerprint density at radius 2 is 2.06 bits per heavy atom. The molecule has 10 nitrogen and oxygen atoms in total. The first-order valence-corrected chi connectivity index (χ1v) is 10.8. The van der Waals surface area contributed by atoms with Crippen LogP contribution >= 0.6 is 11.6 Å². The van der Waals surface area contributed by atoms with E-state index in [2.05, 4.69) is 20.4 Å². The predicted molar refractivity (Wildman–Crippen MR) is 123 cm³/mol. The molecule has 4 rings (SSSR count). The Bertz CT molecular complexity index is 1120. The molecule has 1 amide bonds. The largest absolute Gasteiger partial charge is 0.495 e. The highest BCUT2D eigenvalue weighted by Crippen LogP contribution is 2.31. The van der Waals surface area contributed by atoms with E-state index in [4.69, 9.17) is 25.8 Å².